The molecule has 364 valence electrons. The monoisotopic (exact) mass is 951 g/mol. The van der Waals surface area contributed by atoms with E-state index in [1.807, 2.05) is 0 Å². The molecule has 0 amide bonds. The second kappa shape index (κ2) is 20.1. The fourth-order valence-corrected chi connectivity index (χ4v) is 7.25. The summed E-state index contributed by atoms with van der Waals surface area (Å²) in [6, 6.07) is 8.77. The number of benzene rings is 3. The zero-order valence-corrected chi connectivity index (χ0v) is 34.4. The number of aliphatic hydroxyl groups excluding tert-OH is 11. The third kappa shape index (κ3) is 10.2. The molecule has 67 heavy (non-hydrogen) atoms. The molecule has 3 fully saturated rings. The highest BCUT2D eigenvalue weighted by molar-refractivity contribution is 5.89. The van der Waals surface area contributed by atoms with Crippen molar-refractivity contribution in [2.24, 2.45) is 0 Å². The van der Waals surface area contributed by atoms with Gasteiger partial charge in [-0.25, -0.2) is 9.21 Å². The molecule has 0 spiro atoms. The Kier molecular flexibility index (Phi) is 14.7. The van der Waals surface area contributed by atoms with Crippen LogP contribution in [0.2, 0.25) is 0 Å². The molecule has 4 heterocycles. The third-order valence-corrected chi connectivity index (χ3v) is 11.0. The van der Waals surface area contributed by atoms with E-state index in [4.69, 9.17) is 37.6 Å². The Labute approximate surface area is 376 Å². The van der Waals surface area contributed by atoms with Crippen LogP contribution >= 0.6 is 0 Å². The first-order valence-electron chi connectivity index (χ1n) is 20.2. The Hall–Kier alpha value is -5.88. The first-order valence-corrected chi connectivity index (χ1v) is 20.2. The zero-order chi connectivity index (χ0) is 48.6. The first-order chi connectivity index (χ1) is 31.8. The molecule has 3 aliphatic rings. The number of hydrogen-bond acceptors (Lipinski definition) is 24. The van der Waals surface area contributed by atoms with Gasteiger partial charge in [0.15, 0.2) is 23.0 Å². The topological polar surface area (TPSA) is 417 Å². The van der Waals surface area contributed by atoms with E-state index in [0.717, 1.165) is 42.5 Å². The SMILES string of the molecule is O=C(C=Cc1ccc(O)c(O)c1)OCC1OC(Oc2cc(O)cc3[o+]c(-c4cc(O)c(O)c(OC5OC(CO)C(O)C(O)C5O)c4)c(OC4OC(CO)C(O)C(O)C4O)cc23)C(O)C(O)C1O. The van der Waals surface area contributed by atoms with Crippen molar-refractivity contribution in [1.82, 2.24) is 0 Å². The molecule has 15 atom stereocenters. The first kappa shape index (κ1) is 49.0. The predicted molar refractivity (Wildman–Crippen MR) is 217 cm³/mol. The Morgan fingerprint density at radius 2 is 1.10 bits per heavy atom. The van der Waals surface area contributed by atoms with Crippen molar-refractivity contribution in [3.63, 3.8) is 0 Å². The number of aromatic hydroxyl groups is 5. The van der Waals surface area contributed by atoms with Gasteiger partial charge in [0.05, 0.1) is 24.8 Å². The van der Waals surface area contributed by atoms with Crippen LogP contribution in [-0.4, -0.2) is 200 Å². The van der Waals surface area contributed by atoms with E-state index in [9.17, 15) is 86.5 Å². The van der Waals surface area contributed by atoms with Crippen molar-refractivity contribution in [2.45, 2.75) is 92.1 Å². The largest absolute Gasteiger partial charge is 0.507 e. The molecule has 7 rings (SSSR count). The van der Waals surface area contributed by atoms with Crippen LogP contribution in [0.5, 0.6) is 46.0 Å². The Balaban J connectivity index is 1.23. The average Bonchev–Trinajstić information content (AvgIpc) is 3.30. The van der Waals surface area contributed by atoms with Gasteiger partial charge in [0.25, 0.3) is 0 Å². The minimum Gasteiger partial charge on any atom is -0.507 e. The number of ether oxygens (including phenoxy) is 7. The summed E-state index contributed by atoms with van der Waals surface area (Å²) >= 11 is 0. The van der Waals surface area contributed by atoms with E-state index in [0.29, 0.717) is 5.56 Å². The van der Waals surface area contributed by atoms with Crippen molar-refractivity contribution in [3.05, 3.63) is 60.2 Å². The Bertz CT molecular complexity index is 2430. The van der Waals surface area contributed by atoms with Crippen LogP contribution < -0.4 is 14.2 Å². The van der Waals surface area contributed by atoms with Gasteiger partial charge in [-0.15, -0.1) is 0 Å². The number of aliphatic hydroxyl groups is 11. The number of carbonyl (C=O) groups is 1. The van der Waals surface area contributed by atoms with Crippen molar-refractivity contribution in [3.8, 4) is 57.3 Å². The summed E-state index contributed by atoms with van der Waals surface area (Å²) in [6.07, 6.45) is -25.3. The number of phenolic OH excluding ortho intramolecular Hbond substituents is 5. The molecule has 0 radical (unpaired) electrons. The average molecular weight is 952 g/mol. The van der Waals surface area contributed by atoms with Crippen LogP contribution in [0.3, 0.4) is 0 Å². The van der Waals surface area contributed by atoms with Gasteiger partial charge >= 0.3 is 17.3 Å². The summed E-state index contributed by atoms with van der Waals surface area (Å²) in [5.74, 6) is -6.25. The van der Waals surface area contributed by atoms with Gasteiger partial charge < -0.3 is 115 Å². The maximum Gasteiger partial charge on any atom is 0.402 e. The molecule has 15 unspecified atom stereocenters. The Morgan fingerprint density at radius 1 is 0.567 bits per heavy atom. The minimum atomic E-state index is -2.02. The van der Waals surface area contributed by atoms with Gasteiger partial charge in [-0.3, -0.25) is 0 Å². The normalized spacial score (nSPS) is 32.3. The summed E-state index contributed by atoms with van der Waals surface area (Å²) < 4.78 is 45.3. The predicted octanol–water partition coefficient (Wildman–Crippen LogP) is -3.29. The lowest BCUT2D eigenvalue weighted by Gasteiger charge is -2.40. The molecule has 1 aromatic heterocycles. The molecule has 0 aliphatic carbocycles. The van der Waals surface area contributed by atoms with E-state index < -0.39 is 170 Å². The second-order valence-electron chi connectivity index (χ2n) is 15.6. The fraction of sp³-hybridized carbons (Fsp3) is 0.429. The van der Waals surface area contributed by atoms with E-state index in [1.165, 1.54) is 18.2 Å². The number of rotatable bonds is 13. The lowest BCUT2D eigenvalue weighted by molar-refractivity contribution is -0.278. The molecule has 25 heteroatoms. The second-order valence-corrected chi connectivity index (χ2v) is 15.6. The molecule has 3 saturated heterocycles. The molecule has 3 aliphatic heterocycles. The van der Waals surface area contributed by atoms with Gasteiger partial charge in [-0.2, -0.15) is 0 Å². The molecule has 4 aromatic rings. The van der Waals surface area contributed by atoms with Gasteiger partial charge in [-0.05, 0) is 23.8 Å². The van der Waals surface area contributed by atoms with Crippen LogP contribution in [0.1, 0.15) is 5.56 Å². The van der Waals surface area contributed by atoms with Crippen LogP contribution in [0.15, 0.2) is 59.0 Å². The summed E-state index contributed by atoms with van der Waals surface area (Å²) in [5, 5.41) is 166. The maximum absolute atomic E-state index is 12.5. The van der Waals surface area contributed by atoms with Crippen molar-refractivity contribution in [2.75, 3.05) is 19.8 Å². The van der Waals surface area contributed by atoms with E-state index in [2.05, 4.69) is 0 Å². The molecular formula is C42H47O25+. The standard InChI is InChI=1S/C42H46O25/c43-11-25-30(51)33(54)36(57)41(65-25)63-23-7-15(6-20(48)29(23)50)39-24(64-42-37(58)34(55)31(52)26(12-44)66-42)10-17-21(61-39)8-16(45)9-22(17)62-40-38(59)35(56)32(53)27(67-40)13-60-28(49)4-2-14-1-3-18(46)19(47)5-14/h1-10,25-27,30-38,40-44,51-59H,11-13H2,(H4-,45,46,47,48,49,50)/p+1. The lowest BCUT2D eigenvalue weighted by atomic mass is 9.99. The van der Waals surface area contributed by atoms with Crippen molar-refractivity contribution in [1.29, 1.82) is 0 Å². The summed E-state index contributed by atoms with van der Waals surface area (Å²) in [6.45, 7) is -2.42. The highest BCUT2D eigenvalue weighted by Crippen LogP contribution is 2.46. The number of hydrogen-bond donors (Lipinski definition) is 16. The molecule has 0 bridgehead atoms. The summed E-state index contributed by atoms with van der Waals surface area (Å²) in [5.41, 5.74) is -0.252. The van der Waals surface area contributed by atoms with E-state index >= 15 is 0 Å². The third-order valence-electron chi connectivity index (χ3n) is 11.0. The maximum atomic E-state index is 12.5. The highest BCUT2D eigenvalue weighted by atomic mass is 16.7. The summed E-state index contributed by atoms with van der Waals surface area (Å²) in [7, 11) is 0. The van der Waals surface area contributed by atoms with E-state index in [1.54, 1.807) is 0 Å². The summed E-state index contributed by atoms with van der Waals surface area (Å²) in [4.78, 5) is 12.5. The van der Waals surface area contributed by atoms with E-state index in [-0.39, 0.29) is 16.5 Å². The van der Waals surface area contributed by atoms with Crippen LogP contribution in [-0.2, 0) is 23.7 Å². The fourth-order valence-electron chi connectivity index (χ4n) is 7.25. The van der Waals surface area contributed by atoms with Gasteiger partial charge in [0, 0.05) is 30.3 Å². The lowest BCUT2D eigenvalue weighted by Crippen LogP contribution is -2.60. The van der Waals surface area contributed by atoms with Crippen LogP contribution in [0.25, 0.3) is 28.4 Å². The number of fused-ring (bicyclic) bond motifs is 1. The molecular weight excluding hydrogens is 904 g/mol. The van der Waals surface area contributed by atoms with Gasteiger partial charge in [0.2, 0.25) is 30.4 Å². The van der Waals surface area contributed by atoms with Crippen molar-refractivity contribution < 1.29 is 124 Å². The minimum absolute atomic E-state index is 0.160. The van der Waals surface area contributed by atoms with Gasteiger partial charge in [0.1, 0.15) is 96.7 Å². The quantitative estimate of drug-likeness (QED) is 0.0270. The molecule has 16 N–H and O–H groups in total. The van der Waals surface area contributed by atoms with Crippen LogP contribution in [0, 0.1) is 0 Å². The van der Waals surface area contributed by atoms with Crippen LogP contribution in [0.4, 0.5) is 0 Å². The number of phenols is 5. The molecule has 0 saturated carbocycles. The highest BCUT2D eigenvalue weighted by Gasteiger charge is 2.48. The van der Waals surface area contributed by atoms with Crippen molar-refractivity contribution >= 4 is 23.0 Å². The molecule has 25 nitrogen and oxygen atoms in total. The number of carbonyl (C=O) groups excluding carboxylic acids is 1. The Morgan fingerprint density at radius 3 is 1.67 bits per heavy atom. The molecule has 3 aromatic carbocycles. The zero-order valence-electron chi connectivity index (χ0n) is 34.4. The van der Waals surface area contributed by atoms with Gasteiger partial charge in [-0.1, -0.05) is 6.07 Å². The number of esters is 1. The smallest absolute Gasteiger partial charge is 0.402 e.